The average molecular weight is 209 g/mol. The van der Waals surface area contributed by atoms with Crippen molar-refractivity contribution >= 4 is 11.8 Å². The van der Waals surface area contributed by atoms with Crippen molar-refractivity contribution in [1.29, 1.82) is 0 Å². The van der Waals surface area contributed by atoms with Gasteiger partial charge < -0.3 is 5.73 Å². The van der Waals surface area contributed by atoms with Crippen molar-refractivity contribution in [2.24, 2.45) is 5.73 Å². The highest BCUT2D eigenvalue weighted by atomic mass is 32.2. The zero-order valence-electron chi connectivity index (χ0n) is 8.20. The van der Waals surface area contributed by atoms with Gasteiger partial charge in [0.2, 0.25) is 0 Å². The molecule has 2 heterocycles. The Balaban J connectivity index is 2.21. The topological polar surface area (TPSA) is 51.8 Å². The van der Waals surface area contributed by atoms with Crippen molar-refractivity contribution in [3.63, 3.8) is 0 Å². The normalized spacial score (nSPS) is 15.2. The second kappa shape index (κ2) is 4.75. The smallest absolute Gasteiger partial charge is 0.115 e. The van der Waals surface area contributed by atoms with E-state index in [1.807, 2.05) is 11.8 Å². The standard InChI is InChI=1S/C10H15N3S/c11-4-1-2-9-8-3-5-14-6-10(8)13-7-12-9/h7H,1-6,11H2. The Morgan fingerprint density at radius 1 is 1.43 bits per heavy atom. The Labute approximate surface area is 88.5 Å². The molecule has 0 aromatic carbocycles. The number of aryl methyl sites for hydroxylation is 1. The third kappa shape index (κ3) is 2.07. The van der Waals surface area contributed by atoms with Gasteiger partial charge in [-0.1, -0.05) is 0 Å². The van der Waals surface area contributed by atoms with Crippen molar-refractivity contribution in [3.8, 4) is 0 Å². The predicted octanol–water partition coefficient (Wildman–Crippen LogP) is 1.16. The first-order valence-corrected chi connectivity index (χ1v) is 6.16. The van der Waals surface area contributed by atoms with Gasteiger partial charge in [0.25, 0.3) is 0 Å². The summed E-state index contributed by atoms with van der Waals surface area (Å²) >= 11 is 1.96. The molecule has 4 heteroatoms. The highest BCUT2D eigenvalue weighted by molar-refractivity contribution is 7.98. The van der Waals surface area contributed by atoms with E-state index in [0.29, 0.717) is 0 Å². The molecule has 0 saturated carbocycles. The first-order chi connectivity index (χ1) is 6.92. The van der Waals surface area contributed by atoms with Gasteiger partial charge in [0.15, 0.2) is 0 Å². The number of nitrogens with two attached hydrogens (primary N) is 1. The summed E-state index contributed by atoms with van der Waals surface area (Å²) < 4.78 is 0. The molecule has 0 aliphatic carbocycles. The SMILES string of the molecule is NCCCc1ncnc2c1CCSC2. The first kappa shape index (κ1) is 9.93. The van der Waals surface area contributed by atoms with Crippen LogP contribution in [-0.2, 0) is 18.6 Å². The molecule has 1 aliphatic rings. The van der Waals surface area contributed by atoms with Crippen molar-refractivity contribution in [1.82, 2.24) is 9.97 Å². The summed E-state index contributed by atoms with van der Waals surface area (Å²) in [5, 5.41) is 0. The number of aromatic nitrogens is 2. The summed E-state index contributed by atoms with van der Waals surface area (Å²) in [5.74, 6) is 2.25. The summed E-state index contributed by atoms with van der Waals surface area (Å²) in [4.78, 5) is 8.68. The Morgan fingerprint density at radius 2 is 2.36 bits per heavy atom. The fourth-order valence-electron chi connectivity index (χ4n) is 1.73. The van der Waals surface area contributed by atoms with Crippen molar-refractivity contribution in [2.45, 2.75) is 25.0 Å². The maximum Gasteiger partial charge on any atom is 0.115 e. The van der Waals surface area contributed by atoms with Gasteiger partial charge in [-0.25, -0.2) is 9.97 Å². The monoisotopic (exact) mass is 209 g/mol. The van der Waals surface area contributed by atoms with Crippen molar-refractivity contribution in [3.05, 3.63) is 23.3 Å². The van der Waals surface area contributed by atoms with Crippen molar-refractivity contribution < 1.29 is 0 Å². The quantitative estimate of drug-likeness (QED) is 0.811. The van der Waals surface area contributed by atoms with Gasteiger partial charge in [-0.15, -0.1) is 0 Å². The Bertz CT molecular complexity index is 314. The Morgan fingerprint density at radius 3 is 3.21 bits per heavy atom. The molecule has 1 aliphatic heterocycles. The third-order valence-corrected chi connectivity index (χ3v) is 3.45. The van der Waals surface area contributed by atoms with E-state index in [2.05, 4.69) is 9.97 Å². The fourth-order valence-corrected chi connectivity index (χ4v) is 2.67. The van der Waals surface area contributed by atoms with Gasteiger partial charge in [-0.2, -0.15) is 11.8 Å². The van der Waals surface area contributed by atoms with Gasteiger partial charge in [-0.3, -0.25) is 0 Å². The molecule has 0 spiro atoms. The van der Waals surface area contributed by atoms with Crippen molar-refractivity contribution in [2.75, 3.05) is 12.3 Å². The highest BCUT2D eigenvalue weighted by Gasteiger charge is 2.14. The van der Waals surface area contributed by atoms with Crippen LogP contribution in [0.5, 0.6) is 0 Å². The van der Waals surface area contributed by atoms with E-state index in [1.165, 1.54) is 22.7 Å². The average Bonchev–Trinajstić information content (AvgIpc) is 2.26. The minimum absolute atomic E-state index is 0.744. The van der Waals surface area contributed by atoms with Gasteiger partial charge >= 0.3 is 0 Å². The Kier molecular flexibility index (Phi) is 3.37. The minimum Gasteiger partial charge on any atom is -0.330 e. The van der Waals surface area contributed by atoms with E-state index in [1.54, 1.807) is 6.33 Å². The lowest BCUT2D eigenvalue weighted by atomic mass is 10.1. The molecule has 0 fully saturated rings. The molecule has 0 unspecified atom stereocenters. The number of nitrogens with zero attached hydrogens (tertiary/aromatic N) is 2. The van der Waals surface area contributed by atoms with Crippen LogP contribution in [0.1, 0.15) is 23.4 Å². The lowest BCUT2D eigenvalue weighted by Crippen LogP contribution is -2.11. The molecule has 1 aromatic heterocycles. The molecule has 2 rings (SSSR count). The van der Waals surface area contributed by atoms with Crippen LogP contribution in [0.3, 0.4) is 0 Å². The zero-order valence-corrected chi connectivity index (χ0v) is 9.02. The number of hydrogen-bond donors (Lipinski definition) is 1. The van der Waals surface area contributed by atoms with E-state index < -0.39 is 0 Å². The van der Waals surface area contributed by atoms with Crippen LogP contribution in [0.2, 0.25) is 0 Å². The van der Waals surface area contributed by atoms with E-state index in [9.17, 15) is 0 Å². The number of hydrogen-bond acceptors (Lipinski definition) is 4. The van der Waals surface area contributed by atoms with E-state index >= 15 is 0 Å². The Hall–Kier alpha value is -0.610. The molecule has 0 amide bonds. The van der Waals surface area contributed by atoms with Crippen LogP contribution in [0.25, 0.3) is 0 Å². The lowest BCUT2D eigenvalue weighted by Gasteiger charge is -2.16. The summed E-state index contributed by atoms with van der Waals surface area (Å²) in [5.41, 5.74) is 9.36. The van der Waals surface area contributed by atoms with E-state index in [0.717, 1.165) is 31.6 Å². The lowest BCUT2D eigenvalue weighted by molar-refractivity contribution is 0.782. The molecule has 0 radical (unpaired) electrons. The maximum atomic E-state index is 5.50. The molecule has 1 aromatic rings. The molecule has 3 nitrogen and oxygen atoms in total. The number of thioether (sulfide) groups is 1. The van der Waals surface area contributed by atoms with Crippen LogP contribution in [0, 0.1) is 0 Å². The number of fused-ring (bicyclic) bond motifs is 1. The second-order valence-corrected chi connectivity index (χ2v) is 4.55. The van der Waals surface area contributed by atoms with Crippen LogP contribution >= 0.6 is 11.8 Å². The van der Waals surface area contributed by atoms with Crippen LogP contribution in [0.15, 0.2) is 6.33 Å². The largest absolute Gasteiger partial charge is 0.330 e. The van der Waals surface area contributed by atoms with Gasteiger partial charge in [0, 0.05) is 11.4 Å². The summed E-state index contributed by atoms with van der Waals surface area (Å²) in [6, 6.07) is 0. The fraction of sp³-hybridized carbons (Fsp3) is 0.600. The second-order valence-electron chi connectivity index (χ2n) is 3.44. The maximum absolute atomic E-state index is 5.50. The third-order valence-electron chi connectivity index (χ3n) is 2.48. The van der Waals surface area contributed by atoms with Crippen LogP contribution in [-0.4, -0.2) is 22.3 Å². The number of rotatable bonds is 3. The van der Waals surface area contributed by atoms with E-state index in [-0.39, 0.29) is 0 Å². The summed E-state index contributed by atoms with van der Waals surface area (Å²) in [7, 11) is 0. The summed E-state index contributed by atoms with van der Waals surface area (Å²) in [6.07, 6.45) is 4.85. The van der Waals surface area contributed by atoms with E-state index in [4.69, 9.17) is 5.73 Å². The predicted molar refractivity (Wildman–Crippen MR) is 59.3 cm³/mol. The summed E-state index contributed by atoms with van der Waals surface area (Å²) in [6.45, 7) is 0.744. The van der Waals surface area contributed by atoms with Crippen LogP contribution < -0.4 is 5.73 Å². The molecular formula is C10H15N3S. The molecule has 0 bridgehead atoms. The molecule has 2 N–H and O–H groups in total. The molecule has 14 heavy (non-hydrogen) atoms. The molecule has 0 atom stereocenters. The van der Waals surface area contributed by atoms with Gasteiger partial charge in [0.1, 0.15) is 6.33 Å². The van der Waals surface area contributed by atoms with Gasteiger partial charge in [-0.05, 0) is 37.1 Å². The first-order valence-electron chi connectivity index (χ1n) is 5.01. The van der Waals surface area contributed by atoms with Gasteiger partial charge in [0.05, 0.1) is 5.69 Å². The molecule has 76 valence electrons. The molecular weight excluding hydrogens is 194 g/mol. The minimum atomic E-state index is 0.744. The zero-order chi connectivity index (χ0) is 9.80. The highest BCUT2D eigenvalue weighted by Crippen LogP contribution is 2.24. The van der Waals surface area contributed by atoms with Crippen LogP contribution in [0.4, 0.5) is 0 Å². The molecule has 0 saturated heterocycles.